The summed E-state index contributed by atoms with van der Waals surface area (Å²) in [7, 11) is 4.95. The highest BCUT2D eigenvalue weighted by Gasteiger charge is 2.12. The van der Waals surface area contributed by atoms with Crippen LogP contribution in [-0.2, 0) is 6.54 Å². The molecule has 4 heteroatoms. The molecule has 1 aromatic carbocycles. The minimum Gasteiger partial charge on any atom is -0.496 e. The van der Waals surface area contributed by atoms with Crippen LogP contribution in [0.3, 0.4) is 0 Å². The molecular weight excluding hydrogens is 242 g/mol. The third kappa shape index (κ3) is 4.63. The SMILES string of the molecule is COc1cc(OC)c(CNCCC(C)C)c(OC)c1. The van der Waals surface area contributed by atoms with E-state index >= 15 is 0 Å². The predicted octanol–water partition coefficient (Wildman–Crippen LogP) is 2.85. The molecule has 0 aliphatic carbocycles. The van der Waals surface area contributed by atoms with Crippen LogP contribution < -0.4 is 19.5 Å². The van der Waals surface area contributed by atoms with E-state index in [1.54, 1.807) is 21.3 Å². The first kappa shape index (κ1) is 15.6. The number of methoxy groups -OCH3 is 3. The van der Waals surface area contributed by atoms with Crippen LogP contribution in [0.15, 0.2) is 12.1 Å². The maximum Gasteiger partial charge on any atom is 0.130 e. The standard InChI is InChI=1S/C15H25NO3/c1-11(2)6-7-16-10-13-14(18-4)8-12(17-3)9-15(13)19-5/h8-9,11,16H,6-7,10H2,1-5H3. The Morgan fingerprint density at radius 1 is 1.00 bits per heavy atom. The Hall–Kier alpha value is -1.42. The average molecular weight is 267 g/mol. The Morgan fingerprint density at radius 3 is 2.00 bits per heavy atom. The fourth-order valence-electron chi connectivity index (χ4n) is 1.86. The molecule has 0 fully saturated rings. The Morgan fingerprint density at radius 2 is 1.58 bits per heavy atom. The zero-order valence-electron chi connectivity index (χ0n) is 12.6. The van der Waals surface area contributed by atoms with Crippen LogP contribution in [-0.4, -0.2) is 27.9 Å². The molecule has 19 heavy (non-hydrogen) atoms. The molecule has 108 valence electrons. The summed E-state index contributed by atoms with van der Waals surface area (Å²) >= 11 is 0. The van der Waals surface area contributed by atoms with Gasteiger partial charge in [-0.25, -0.2) is 0 Å². The Kier molecular flexibility index (Phi) is 6.50. The summed E-state index contributed by atoms with van der Waals surface area (Å²) in [5, 5.41) is 3.42. The number of hydrogen-bond donors (Lipinski definition) is 1. The summed E-state index contributed by atoms with van der Waals surface area (Å²) in [6.07, 6.45) is 1.15. The molecule has 0 saturated carbocycles. The van der Waals surface area contributed by atoms with Crippen molar-refractivity contribution in [2.45, 2.75) is 26.8 Å². The molecule has 0 aliphatic heterocycles. The van der Waals surface area contributed by atoms with E-state index in [0.717, 1.165) is 42.3 Å². The lowest BCUT2D eigenvalue weighted by Crippen LogP contribution is -2.17. The minimum absolute atomic E-state index is 0.701. The zero-order valence-corrected chi connectivity index (χ0v) is 12.6. The van der Waals surface area contributed by atoms with Crippen LogP contribution >= 0.6 is 0 Å². The van der Waals surface area contributed by atoms with Gasteiger partial charge in [0, 0.05) is 18.7 Å². The van der Waals surface area contributed by atoms with Gasteiger partial charge in [-0.15, -0.1) is 0 Å². The van der Waals surface area contributed by atoms with Crippen molar-refractivity contribution in [2.24, 2.45) is 5.92 Å². The summed E-state index contributed by atoms with van der Waals surface area (Å²) in [6, 6.07) is 3.75. The molecule has 1 N–H and O–H groups in total. The van der Waals surface area contributed by atoms with E-state index in [0.29, 0.717) is 5.92 Å². The van der Waals surface area contributed by atoms with Gasteiger partial charge in [0.15, 0.2) is 0 Å². The first-order valence-electron chi connectivity index (χ1n) is 6.62. The second kappa shape index (κ2) is 7.89. The van der Waals surface area contributed by atoms with Crippen molar-refractivity contribution in [3.8, 4) is 17.2 Å². The first-order valence-corrected chi connectivity index (χ1v) is 6.62. The molecule has 0 aliphatic rings. The topological polar surface area (TPSA) is 39.7 Å². The first-order chi connectivity index (χ1) is 9.12. The van der Waals surface area contributed by atoms with Crippen LogP contribution in [0.25, 0.3) is 0 Å². The van der Waals surface area contributed by atoms with Crippen LogP contribution in [0.1, 0.15) is 25.8 Å². The Bertz CT molecular complexity index is 366. The molecule has 0 spiro atoms. The quantitative estimate of drug-likeness (QED) is 0.735. The smallest absolute Gasteiger partial charge is 0.130 e. The summed E-state index contributed by atoms with van der Waals surface area (Å²) in [5.74, 6) is 3.01. The third-order valence-corrected chi connectivity index (χ3v) is 3.02. The van der Waals surface area contributed by atoms with Crippen LogP contribution in [0.2, 0.25) is 0 Å². The number of rotatable bonds is 8. The van der Waals surface area contributed by atoms with Crippen LogP contribution in [0.4, 0.5) is 0 Å². The van der Waals surface area contributed by atoms with Crippen molar-refractivity contribution in [1.29, 1.82) is 0 Å². The fraction of sp³-hybridized carbons (Fsp3) is 0.600. The van der Waals surface area contributed by atoms with Gasteiger partial charge in [0.05, 0.1) is 26.9 Å². The van der Waals surface area contributed by atoms with Gasteiger partial charge < -0.3 is 19.5 Å². The lowest BCUT2D eigenvalue weighted by atomic mass is 10.1. The van der Waals surface area contributed by atoms with Gasteiger partial charge in [0.1, 0.15) is 17.2 Å². The highest BCUT2D eigenvalue weighted by molar-refractivity contribution is 5.50. The van der Waals surface area contributed by atoms with E-state index in [4.69, 9.17) is 14.2 Å². The molecule has 0 saturated heterocycles. The summed E-state index contributed by atoms with van der Waals surface area (Å²) < 4.78 is 16.0. The van der Waals surface area contributed by atoms with Crippen molar-refractivity contribution in [2.75, 3.05) is 27.9 Å². The molecule has 1 rings (SSSR count). The second-order valence-corrected chi connectivity index (χ2v) is 4.87. The van der Waals surface area contributed by atoms with Gasteiger partial charge in [-0.05, 0) is 18.9 Å². The molecule has 0 radical (unpaired) electrons. The zero-order chi connectivity index (χ0) is 14.3. The van der Waals surface area contributed by atoms with E-state index < -0.39 is 0 Å². The lowest BCUT2D eigenvalue weighted by Gasteiger charge is -2.16. The van der Waals surface area contributed by atoms with Crippen molar-refractivity contribution >= 4 is 0 Å². The lowest BCUT2D eigenvalue weighted by molar-refractivity contribution is 0.366. The van der Waals surface area contributed by atoms with E-state index in [1.165, 1.54) is 0 Å². The van der Waals surface area contributed by atoms with Gasteiger partial charge in [0.25, 0.3) is 0 Å². The number of nitrogens with one attached hydrogen (secondary N) is 1. The van der Waals surface area contributed by atoms with Crippen molar-refractivity contribution in [3.63, 3.8) is 0 Å². The van der Waals surface area contributed by atoms with Crippen molar-refractivity contribution in [1.82, 2.24) is 5.32 Å². The van der Waals surface area contributed by atoms with Gasteiger partial charge in [-0.1, -0.05) is 13.8 Å². The van der Waals surface area contributed by atoms with Crippen LogP contribution in [0, 0.1) is 5.92 Å². The molecule has 0 aromatic heterocycles. The summed E-state index contributed by atoms with van der Waals surface area (Å²) in [6.45, 7) is 6.14. The van der Waals surface area contributed by atoms with E-state index in [1.807, 2.05) is 12.1 Å². The average Bonchev–Trinajstić information content (AvgIpc) is 2.42. The monoisotopic (exact) mass is 267 g/mol. The Balaban J connectivity index is 2.79. The summed E-state index contributed by atoms with van der Waals surface area (Å²) in [5.41, 5.74) is 1.02. The van der Waals surface area contributed by atoms with E-state index in [2.05, 4.69) is 19.2 Å². The number of benzene rings is 1. The minimum atomic E-state index is 0.701. The van der Waals surface area contributed by atoms with E-state index in [-0.39, 0.29) is 0 Å². The number of hydrogen-bond acceptors (Lipinski definition) is 4. The van der Waals surface area contributed by atoms with Crippen molar-refractivity contribution < 1.29 is 14.2 Å². The molecule has 0 unspecified atom stereocenters. The normalized spacial score (nSPS) is 10.6. The molecule has 1 aromatic rings. The largest absolute Gasteiger partial charge is 0.496 e. The summed E-state index contributed by atoms with van der Waals surface area (Å²) in [4.78, 5) is 0. The van der Waals surface area contributed by atoms with Gasteiger partial charge in [0.2, 0.25) is 0 Å². The molecule has 4 nitrogen and oxygen atoms in total. The maximum absolute atomic E-state index is 5.41. The Labute approximate surface area is 116 Å². The highest BCUT2D eigenvalue weighted by atomic mass is 16.5. The van der Waals surface area contributed by atoms with Crippen LogP contribution in [0.5, 0.6) is 17.2 Å². The maximum atomic E-state index is 5.41. The highest BCUT2D eigenvalue weighted by Crippen LogP contribution is 2.33. The second-order valence-electron chi connectivity index (χ2n) is 4.87. The van der Waals surface area contributed by atoms with E-state index in [9.17, 15) is 0 Å². The fourth-order valence-corrected chi connectivity index (χ4v) is 1.86. The van der Waals surface area contributed by atoms with Crippen molar-refractivity contribution in [3.05, 3.63) is 17.7 Å². The molecule has 0 amide bonds. The van der Waals surface area contributed by atoms with Gasteiger partial charge in [-0.2, -0.15) is 0 Å². The predicted molar refractivity (Wildman–Crippen MR) is 77.3 cm³/mol. The molecule has 0 heterocycles. The molecule has 0 atom stereocenters. The molecule has 0 bridgehead atoms. The van der Waals surface area contributed by atoms with Gasteiger partial charge >= 0.3 is 0 Å². The third-order valence-electron chi connectivity index (χ3n) is 3.02. The van der Waals surface area contributed by atoms with Gasteiger partial charge in [-0.3, -0.25) is 0 Å². The molecular formula is C15H25NO3. The number of ether oxygens (including phenoxy) is 3.